The Hall–Kier alpha value is -2.78. The molecule has 0 N–H and O–H groups in total. The van der Waals surface area contributed by atoms with Gasteiger partial charge in [0.1, 0.15) is 17.5 Å². The molecule has 0 aliphatic heterocycles. The first kappa shape index (κ1) is 24.3. The van der Waals surface area contributed by atoms with Crippen LogP contribution in [-0.4, -0.2) is 0 Å². The van der Waals surface area contributed by atoms with Crippen molar-refractivity contribution >= 4 is 22.4 Å². The van der Waals surface area contributed by atoms with Gasteiger partial charge in [-0.25, -0.2) is 13.2 Å². The lowest BCUT2D eigenvalue weighted by Gasteiger charge is -2.10. The molecule has 0 aliphatic rings. The maximum atomic E-state index is 15.1. The summed E-state index contributed by atoms with van der Waals surface area (Å²) in [6.45, 7) is 2.13. The van der Waals surface area contributed by atoms with E-state index in [1.54, 1.807) is 24.3 Å². The van der Waals surface area contributed by atoms with Gasteiger partial charge in [-0.1, -0.05) is 73.5 Å². The van der Waals surface area contributed by atoms with Crippen molar-refractivity contribution in [1.29, 1.82) is 0 Å². The quantitative estimate of drug-likeness (QED) is 0.224. The molecule has 0 aliphatic carbocycles. The SMILES string of the molecule is CCCCc1ccc(CCc2ccc3c(F)c(CCc4ccc(Cl)c(F)c4)ccc3c2)c(F)c1. The normalized spacial score (nSPS) is 11.3. The standard InChI is InChI=1S/C30H28ClF3/c1-2-3-4-20-5-10-23(28(32)18-20)11-6-21-8-15-26-25(17-21)14-13-24(30(26)34)12-7-22-9-16-27(31)29(33)19-22/h5,8-10,13-19H,2-4,6-7,11-12H2,1H3. The molecule has 4 heteroatoms. The molecule has 0 atom stereocenters. The highest BCUT2D eigenvalue weighted by atomic mass is 35.5. The average Bonchev–Trinajstić information content (AvgIpc) is 2.83. The summed E-state index contributed by atoms with van der Waals surface area (Å²) in [7, 11) is 0. The summed E-state index contributed by atoms with van der Waals surface area (Å²) in [6, 6.07) is 19.7. The molecule has 4 rings (SSSR count). The topological polar surface area (TPSA) is 0 Å². The van der Waals surface area contributed by atoms with Gasteiger partial charge in [0.2, 0.25) is 0 Å². The Balaban J connectivity index is 1.43. The maximum Gasteiger partial charge on any atom is 0.142 e. The summed E-state index contributed by atoms with van der Waals surface area (Å²) in [6.07, 6.45) is 5.35. The molecule has 0 saturated heterocycles. The van der Waals surface area contributed by atoms with Gasteiger partial charge in [-0.3, -0.25) is 0 Å². The average molecular weight is 481 g/mol. The van der Waals surface area contributed by atoms with E-state index in [9.17, 15) is 8.78 Å². The van der Waals surface area contributed by atoms with Gasteiger partial charge in [-0.15, -0.1) is 0 Å². The van der Waals surface area contributed by atoms with Crippen LogP contribution < -0.4 is 0 Å². The summed E-state index contributed by atoms with van der Waals surface area (Å²) in [5, 5.41) is 1.48. The third-order valence-corrected chi connectivity index (χ3v) is 6.69. The minimum Gasteiger partial charge on any atom is -0.207 e. The number of aryl methyl sites for hydroxylation is 5. The van der Waals surface area contributed by atoms with Gasteiger partial charge < -0.3 is 0 Å². The Morgan fingerprint density at radius 3 is 1.97 bits per heavy atom. The summed E-state index contributed by atoms with van der Waals surface area (Å²) < 4.78 is 43.3. The molecule has 0 spiro atoms. The van der Waals surface area contributed by atoms with Crippen LogP contribution >= 0.6 is 11.6 Å². The van der Waals surface area contributed by atoms with E-state index in [0.717, 1.165) is 41.3 Å². The van der Waals surface area contributed by atoms with Gasteiger partial charge in [0.15, 0.2) is 0 Å². The van der Waals surface area contributed by atoms with Crippen LogP contribution in [0, 0.1) is 17.5 Å². The minimum absolute atomic E-state index is 0.0863. The fourth-order valence-electron chi connectivity index (χ4n) is 4.32. The highest BCUT2D eigenvalue weighted by molar-refractivity contribution is 6.30. The second kappa shape index (κ2) is 11.1. The van der Waals surface area contributed by atoms with E-state index < -0.39 is 5.82 Å². The summed E-state index contributed by atoms with van der Waals surface area (Å²) >= 11 is 5.74. The van der Waals surface area contributed by atoms with Crippen LogP contribution in [0.5, 0.6) is 0 Å². The molecule has 0 heterocycles. The Bertz CT molecular complexity index is 1300. The van der Waals surface area contributed by atoms with Crippen LogP contribution in [0.1, 0.15) is 47.6 Å². The van der Waals surface area contributed by atoms with Crippen LogP contribution in [0.4, 0.5) is 13.2 Å². The number of hydrogen-bond donors (Lipinski definition) is 0. The zero-order valence-corrected chi connectivity index (χ0v) is 20.1. The molecule has 0 bridgehead atoms. The maximum absolute atomic E-state index is 15.1. The number of halogens is 4. The fourth-order valence-corrected chi connectivity index (χ4v) is 4.44. The van der Waals surface area contributed by atoms with Crippen LogP contribution in [0.2, 0.25) is 5.02 Å². The van der Waals surface area contributed by atoms with E-state index in [1.807, 2.05) is 30.3 Å². The highest BCUT2D eigenvalue weighted by Gasteiger charge is 2.10. The molecule has 0 radical (unpaired) electrons. The number of benzene rings is 4. The van der Waals surface area contributed by atoms with Crippen LogP contribution in [0.3, 0.4) is 0 Å². The van der Waals surface area contributed by atoms with Gasteiger partial charge in [0.05, 0.1) is 5.02 Å². The summed E-state index contributed by atoms with van der Waals surface area (Å²) in [5.41, 5.74) is 4.18. The lowest BCUT2D eigenvalue weighted by Crippen LogP contribution is -1.98. The first-order chi connectivity index (χ1) is 16.4. The van der Waals surface area contributed by atoms with Crippen molar-refractivity contribution in [2.75, 3.05) is 0 Å². The van der Waals surface area contributed by atoms with E-state index in [1.165, 1.54) is 12.1 Å². The van der Waals surface area contributed by atoms with Gasteiger partial charge >= 0.3 is 0 Å². The van der Waals surface area contributed by atoms with Crippen molar-refractivity contribution in [3.63, 3.8) is 0 Å². The molecule has 0 fully saturated rings. The lowest BCUT2D eigenvalue weighted by atomic mass is 9.97. The summed E-state index contributed by atoms with van der Waals surface area (Å²) in [4.78, 5) is 0. The molecule has 4 aromatic carbocycles. The van der Waals surface area contributed by atoms with Gasteiger partial charge in [0.25, 0.3) is 0 Å². The third kappa shape index (κ3) is 5.82. The zero-order chi connectivity index (χ0) is 24.1. The van der Waals surface area contributed by atoms with Gasteiger partial charge in [-0.05, 0) is 89.9 Å². The Labute approximate surface area is 204 Å². The Morgan fingerprint density at radius 1 is 0.618 bits per heavy atom. The molecule has 0 unspecified atom stereocenters. The zero-order valence-electron chi connectivity index (χ0n) is 19.3. The van der Waals surface area contributed by atoms with Crippen molar-refractivity contribution in [3.05, 3.63) is 117 Å². The fraction of sp³-hybridized carbons (Fsp3) is 0.267. The second-order valence-electron chi connectivity index (χ2n) is 8.87. The minimum atomic E-state index is -0.460. The van der Waals surface area contributed by atoms with Crippen LogP contribution in [-0.2, 0) is 32.1 Å². The van der Waals surface area contributed by atoms with Gasteiger partial charge in [-0.2, -0.15) is 0 Å². The smallest absolute Gasteiger partial charge is 0.142 e. The van der Waals surface area contributed by atoms with Crippen molar-refractivity contribution in [1.82, 2.24) is 0 Å². The monoisotopic (exact) mass is 480 g/mol. The summed E-state index contributed by atoms with van der Waals surface area (Å²) in [5.74, 6) is -0.851. The molecular weight excluding hydrogens is 453 g/mol. The predicted molar refractivity (Wildman–Crippen MR) is 135 cm³/mol. The van der Waals surface area contributed by atoms with Crippen LogP contribution in [0.15, 0.2) is 66.7 Å². The van der Waals surface area contributed by atoms with Crippen molar-refractivity contribution in [3.8, 4) is 0 Å². The number of rotatable bonds is 9. The first-order valence-corrected chi connectivity index (χ1v) is 12.2. The Morgan fingerprint density at radius 2 is 1.24 bits per heavy atom. The molecule has 0 aromatic heterocycles. The third-order valence-electron chi connectivity index (χ3n) is 6.38. The molecule has 4 aromatic rings. The number of fused-ring (bicyclic) bond motifs is 1. The van der Waals surface area contributed by atoms with E-state index in [4.69, 9.17) is 11.6 Å². The molecule has 176 valence electrons. The first-order valence-electron chi connectivity index (χ1n) is 11.9. The van der Waals surface area contributed by atoms with E-state index >= 15 is 4.39 Å². The number of unbranched alkanes of at least 4 members (excludes halogenated alkanes) is 1. The number of hydrogen-bond acceptors (Lipinski definition) is 0. The van der Waals surface area contributed by atoms with E-state index in [-0.39, 0.29) is 16.7 Å². The van der Waals surface area contributed by atoms with E-state index in [2.05, 4.69) is 6.92 Å². The molecule has 0 saturated carbocycles. The largest absolute Gasteiger partial charge is 0.207 e. The highest BCUT2D eigenvalue weighted by Crippen LogP contribution is 2.25. The van der Waals surface area contributed by atoms with Crippen molar-refractivity contribution < 1.29 is 13.2 Å². The molecule has 34 heavy (non-hydrogen) atoms. The van der Waals surface area contributed by atoms with Crippen molar-refractivity contribution in [2.45, 2.75) is 51.9 Å². The predicted octanol–water partition coefficient (Wildman–Crippen LogP) is 8.82. The van der Waals surface area contributed by atoms with Gasteiger partial charge in [0, 0.05) is 5.39 Å². The van der Waals surface area contributed by atoms with E-state index in [0.29, 0.717) is 42.2 Å². The van der Waals surface area contributed by atoms with Crippen molar-refractivity contribution in [2.24, 2.45) is 0 Å². The molecule has 0 nitrogen and oxygen atoms in total. The Kier molecular flexibility index (Phi) is 7.95. The lowest BCUT2D eigenvalue weighted by molar-refractivity contribution is 0.605. The molecule has 0 amide bonds. The van der Waals surface area contributed by atoms with Crippen LogP contribution in [0.25, 0.3) is 10.8 Å². The molecular formula is C30H28ClF3. The second-order valence-corrected chi connectivity index (χ2v) is 9.28.